The van der Waals surface area contributed by atoms with Gasteiger partial charge in [0.1, 0.15) is 0 Å². The zero-order valence-corrected chi connectivity index (χ0v) is 35.3. The summed E-state index contributed by atoms with van der Waals surface area (Å²) >= 11 is 4.02. The van der Waals surface area contributed by atoms with Crippen molar-refractivity contribution in [1.82, 2.24) is 19.9 Å². The van der Waals surface area contributed by atoms with Gasteiger partial charge in [-0.1, -0.05) is 136 Å². The van der Waals surface area contributed by atoms with E-state index in [-0.39, 0.29) is 10.8 Å². The van der Waals surface area contributed by atoms with Crippen LogP contribution in [0.4, 0.5) is 0 Å². The van der Waals surface area contributed by atoms with Crippen molar-refractivity contribution >= 4 is 48.0 Å². The number of rotatable bonds is 5. The van der Waals surface area contributed by atoms with Crippen LogP contribution >= 0.6 is 26.0 Å². The lowest BCUT2D eigenvalue weighted by Gasteiger charge is -2.46. The normalized spacial score (nSPS) is 15.5. The van der Waals surface area contributed by atoms with Crippen molar-refractivity contribution in [2.45, 2.75) is 109 Å². The van der Waals surface area contributed by atoms with E-state index in [9.17, 15) is 0 Å². The van der Waals surface area contributed by atoms with Crippen LogP contribution in [0, 0.1) is 11.2 Å². The molecule has 0 atom stereocenters. The van der Waals surface area contributed by atoms with Gasteiger partial charge in [-0.3, -0.25) is 9.97 Å². The maximum atomic E-state index is 5.64. The molecule has 2 aromatic carbocycles. The van der Waals surface area contributed by atoms with Gasteiger partial charge in [-0.25, -0.2) is 0 Å². The molecule has 274 valence electrons. The fraction of sp³-hybridized carbons (Fsp3) is 0.362. The fourth-order valence-corrected chi connectivity index (χ4v) is 13.4. The smallest absolute Gasteiger partial charge is 0.0704 e. The van der Waals surface area contributed by atoms with Crippen LogP contribution in [0.25, 0.3) is 44.3 Å². The number of fused-ring (bicyclic) bond motifs is 8. The van der Waals surface area contributed by atoms with Gasteiger partial charge < -0.3 is 9.97 Å². The summed E-state index contributed by atoms with van der Waals surface area (Å²) in [5.74, 6) is 3.89. The second-order valence-corrected chi connectivity index (χ2v) is 22.2. The predicted molar refractivity (Wildman–Crippen MR) is 233 cm³/mol. The van der Waals surface area contributed by atoms with Gasteiger partial charge in [-0.15, -0.1) is 0 Å². The number of hydrogen-bond acceptors (Lipinski definition) is 2. The second kappa shape index (κ2) is 14.0. The molecule has 0 amide bonds. The molecule has 53 heavy (non-hydrogen) atoms. The van der Waals surface area contributed by atoms with E-state index in [2.05, 4.69) is 191 Å². The molecule has 0 fully saturated rings. The zero-order valence-electron chi connectivity index (χ0n) is 32.9. The molecule has 2 aliphatic heterocycles. The van der Waals surface area contributed by atoms with Gasteiger partial charge in [0.05, 0.1) is 43.8 Å². The van der Waals surface area contributed by atoms with Crippen LogP contribution in [-0.4, -0.2) is 35.7 Å². The van der Waals surface area contributed by atoms with E-state index in [1.165, 1.54) is 0 Å². The molecule has 0 spiro atoms. The summed E-state index contributed by atoms with van der Waals surface area (Å²) in [6.45, 7) is 23.4. The Morgan fingerprint density at radius 2 is 1.00 bits per heavy atom. The standard InChI is InChI=1S/C47H53BrN4S/c1-29(2)53(30(3)4,31(5)6)26-25-34-35-21-22-36(49-35)41(32-17-13-11-14-18-32)45-47(9,10)28-40(52-45)43(48)38-24-23-37(50-38)42(33-19-15-12-16-20-33)44-46(7,8)27-39(34)51-44/h11-24,29-31,49-50H,27-28H2,1-10H3. The van der Waals surface area contributed by atoms with Gasteiger partial charge in [0.25, 0.3) is 0 Å². The number of nitrogens with one attached hydrogen (secondary N) is 2. The quantitative estimate of drug-likeness (QED) is 0.174. The summed E-state index contributed by atoms with van der Waals surface area (Å²) in [7, 11) is -1.30. The minimum atomic E-state index is -1.30. The van der Waals surface area contributed by atoms with Crippen molar-refractivity contribution in [1.29, 1.82) is 0 Å². The van der Waals surface area contributed by atoms with E-state index >= 15 is 0 Å². The molecule has 8 bridgehead atoms. The molecule has 0 radical (unpaired) electrons. The van der Waals surface area contributed by atoms with Gasteiger partial charge in [0, 0.05) is 45.8 Å². The van der Waals surface area contributed by atoms with Crippen molar-refractivity contribution in [3.63, 3.8) is 0 Å². The Kier molecular flexibility index (Phi) is 9.83. The van der Waals surface area contributed by atoms with E-state index in [1.807, 2.05) is 0 Å². The van der Waals surface area contributed by atoms with Gasteiger partial charge in [-0.05, 0) is 72.3 Å². The first-order chi connectivity index (χ1) is 25.1. The van der Waals surface area contributed by atoms with E-state index in [4.69, 9.17) is 9.97 Å². The van der Waals surface area contributed by atoms with Crippen LogP contribution in [0.2, 0.25) is 0 Å². The highest BCUT2D eigenvalue weighted by Crippen LogP contribution is 2.59. The van der Waals surface area contributed by atoms with Gasteiger partial charge >= 0.3 is 0 Å². The Hall–Kier alpha value is -4.05. The maximum absolute atomic E-state index is 5.64. The van der Waals surface area contributed by atoms with Gasteiger partial charge in [0.2, 0.25) is 0 Å². The number of hydrogen-bond donors (Lipinski definition) is 2. The topological polar surface area (TPSA) is 57.4 Å². The molecule has 7 rings (SSSR count). The first-order valence-electron chi connectivity index (χ1n) is 19.0. The first-order valence-corrected chi connectivity index (χ1v) is 21.6. The summed E-state index contributed by atoms with van der Waals surface area (Å²) in [6.07, 6.45) is 1.59. The zero-order chi connectivity index (χ0) is 37.9. The Bertz CT molecular complexity index is 2340. The number of aromatic nitrogens is 4. The van der Waals surface area contributed by atoms with Crippen LogP contribution in [0.3, 0.4) is 0 Å². The molecular formula is C47H53BrN4S. The minimum Gasteiger partial charge on any atom is -0.354 e. The highest BCUT2D eigenvalue weighted by molar-refractivity contribution is 9.10. The molecule has 5 aromatic rings. The number of nitrogens with zero attached hydrogens (tertiary/aromatic N) is 2. The molecular weight excluding hydrogens is 733 g/mol. The second-order valence-electron chi connectivity index (χ2n) is 16.8. The summed E-state index contributed by atoms with van der Waals surface area (Å²) in [4.78, 5) is 18.9. The minimum absolute atomic E-state index is 0.209. The van der Waals surface area contributed by atoms with E-state index in [0.29, 0.717) is 15.7 Å². The highest BCUT2D eigenvalue weighted by Gasteiger charge is 2.36. The summed E-state index contributed by atoms with van der Waals surface area (Å²) in [5.41, 5.74) is 13.4. The van der Waals surface area contributed by atoms with Gasteiger partial charge in [0.15, 0.2) is 0 Å². The molecule has 2 aliphatic rings. The maximum Gasteiger partial charge on any atom is 0.0704 e. The third-order valence-electron chi connectivity index (χ3n) is 11.2. The molecule has 0 aliphatic carbocycles. The summed E-state index contributed by atoms with van der Waals surface area (Å²) in [5, 5.41) is 5.42. The van der Waals surface area contributed by atoms with E-state index in [0.717, 1.165) is 90.0 Å². The van der Waals surface area contributed by atoms with E-state index < -0.39 is 10.0 Å². The van der Waals surface area contributed by atoms with Crippen molar-refractivity contribution < 1.29 is 0 Å². The SMILES string of the molecule is CC(C)S(C#Cc1c2nc(c(-c3ccccc3)c3ccc([nH]3)c(Br)c3nc(c(-c4ccccc4)c4ccc1[nH]4)C(C)(C)C3)C(C)(C)C2)(C(C)C)C(C)C. The molecule has 6 heteroatoms. The average molecular weight is 786 g/mol. The molecule has 5 heterocycles. The molecule has 3 aromatic heterocycles. The van der Waals surface area contributed by atoms with Crippen molar-refractivity contribution in [3.05, 3.63) is 118 Å². The third-order valence-corrected chi connectivity index (χ3v) is 17.3. The van der Waals surface area contributed by atoms with Crippen LogP contribution in [0.1, 0.15) is 97.6 Å². The molecule has 0 saturated heterocycles. The fourth-order valence-electron chi connectivity index (χ4n) is 8.70. The Morgan fingerprint density at radius 1 is 0.585 bits per heavy atom. The van der Waals surface area contributed by atoms with Gasteiger partial charge in [-0.2, -0.15) is 10.0 Å². The van der Waals surface area contributed by atoms with Crippen molar-refractivity contribution in [2.75, 3.05) is 0 Å². The van der Waals surface area contributed by atoms with Crippen molar-refractivity contribution in [3.8, 4) is 33.4 Å². The Balaban J connectivity index is 1.71. The van der Waals surface area contributed by atoms with Crippen LogP contribution in [0.15, 0.2) is 89.4 Å². The lowest BCUT2D eigenvalue weighted by molar-refractivity contribution is 0.544. The monoisotopic (exact) mass is 784 g/mol. The van der Waals surface area contributed by atoms with Crippen LogP contribution in [0.5, 0.6) is 0 Å². The first kappa shape index (κ1) is 37.3. The number of H-pyrrole nitrogens is 2. The molecule has 0 saturated carbocycles. The van der Waals surface area contributed by atoms with Crippen LogP contribution < -0.4 is 0 Å². The largest absolute Gasteiger partial charge is 0.354 e. The predicted octanol–water partition coefficient (Wildman–Crippen LogP) is 12.8. The Morgan fingerprint density at radius 3 is 1.49 bits per heavy atom. The lowest BCUT2D eigenvalue weighted by atomic mass is 9.82. The lowest BCUT2D eigenvalue weighted by Crippen LogP contribution is -2.27. The molecule has 4 nitrogen and oxygen atoms in total. The number of aromatic amines is 2. The third kappa shape index (κ3) is 6.59. The van der Waals surface area contributed by atoms with Crippen LogP contribution in [-0.2, 0) is 23.7 Å². The molecule has 2 N–H and O–H groups in total. The highest BCUT2D eigenvalue weighted by atomic mass is 79.9. The molecule has 0 unspecified atom stereocenters. The average Bonchev–Trinajstić information content (AvgIpc) is 3.90. The summed E-state index contributed by atoms with van der Waals surface area (Å²) < 4.78 is 0.989. The number of halogens is 1. The Labute approximate surface area is 326 Å². The van der Waals surface area contributed by atoms with Crippen molar-refractivity contribution in [2.24, 2.45) is 0 Å². The number of benzene rings is 2. The summed E-state index contributed by atoms with van der Waals surface area (Å²) in [6, 6.07) is 30.2. The van der Waals surface area contributed by atoms with E-state index in [1.54, 1.807) is 0 Å².